The summed E-state index contributed by atoms with van der Waals surface area (Å²) in [6, 6.07) is -0.935. The fourth-order valence-electron chi connectivity index (χ4n) is 1.31. The highest BCUT2D eigenvalue weighted by Gasteiger charge is 2.14. The number of nitrogens with one attached hydrogen (secondary N) is 2. The molecule has 0 saturated heterocycles. The molecule has 0 radical (unpaired) electrons. The molecule has 110 valence electrons. The van der Waals surface area contributed by atoms with Gasteiger partial charge in [-0.15, -0.1) is 0 Å². The molecule has 0 saturated carbocycles. The van der Waals surface area contributed by atoms with E-state index in [1.165, 1.54) is 6.92 Å². The number of carboxylic acid groups (broad SMARTS) is 1. The Bertz CT molecular complexity index is 318. The summed E-state index contributed by atoms with van der Waals surface area (Å²) in [5.41, 5.74) is 0. The Morgan fingerprint density at radius 1 is 1.16 bits per heavy atom. The van der Waals surface area contributed by atoms with Crippen LogP contribution in [0.25, 0.3) is 0 Å². The highest BCUT2D eigenvalue weighted by Crippen LogP contribution is 1.92. The molecule has 0 aromatic carbocycles. The van der Waals surface area contributed by atoms with Gasteiger partial charge in [0.2, 0.25) is 11.8 Å². The lowest BCUT2D eigenvalue weighted by atomic mass is 10.2. The van der Waals surface area contributed by atoms with E-state index in [-0.39, 0.29) is 18.7 Å². The second kappa shape index (κ2) is 9.32. The number of aliphatic carboxylic acids is 1. The van der Waals surface area contributed by atoms with E-state index in [2.05, 4.69) is 10.6 Å². The zero-order valence-corrected chi connectivity index (χ0v) is 11.7. The average Bonchev–Trinajstić information content (AvgIpc) is 2.31. The number of carbonyl (C=O) groups excluding carboxylic acids is 2. The monoisotopic (exact) mass is 273 g/mol. The Balaban J connectivity index is 3.67. The molecule has 0 heterocycles. The molecule has 0 spiro atoms. The van der Waals surface area contributed by atoms with Crippen molar-refractivity contribution in [3.05, 3.63) is 0 Å². The Morgan fingerprint density at radius 3 is 2.26 bits per heavy atom. The van der Waals surface area contributed by atoms with E-state index in [0.29, 0.717) is 6.54 Å². The van der Waals surface area contributed by atoms with Crippen molar-refractivity contribution in [3.8, 4) is 0 Å². The smallest absolute Gasteiger partial charge is 0.325 e. The van der Waals surface area contributed by atoms with E-state index in [0.717, 1.165) is 13.0 Å². The molecule has 7 nitrogen and oxygen atoms in total. The molecule has 0 bridgehead atoms. The highest BCUT2D eigenvalue weighted by molar-refractivity contribution is 5.86. The van der Waals surface area contributed by atoms with Crippen LogP contribution in [-0.2, 0) is 14.4 Å². The van der Waals surface area contributed by atoms with Gasteiger partial charge in [-0.2, -0.15) is 0 Å². The summed E-state index contributed by atoms with van der Waals surface area (Å²) < 4.78 is 0. The summed E-state index contributed by atoms with van der Waals surface area (Å²) >= 11 is 0. The molecule has 0 aromatic rings. The molecule has 0 rings (SSSR count). The van der Waals surface area contributed by atoms with Crippen LogP contribution >= 0.6 is 0 Å². The Kier molecular flexibility index (Phi) is 8.52. The van der Waals surface area contributed by atoms with Gasteiger partial charge < -0.3 is 20.6 Å². The van der Waals surface area contributed by atoms with Crippen LogP contribution in [0.4, 0.5) is 0 Å². The van der Waals surface area contributed by atoms with Crippen LogP contribution < -0.4 is 10.6 Å². The molecule has 0 aliphatic carbocycles. The summed E-state index contributed by atoms with van der Waals surface area (Å²) in [5, 5.41) is 13.6. The molecule has 1 atom stereocenters. The van der Waals surface area contributed by atoms with Crippen LogP contribution in [0.3, 0.4) is 0 Å². The molecular weight excluding hydrogens is 250 g/mol. The van der Waals surface area contributed by atoms with Gasteiger partial charge in [0, 0.05) is 19.4 Å². The lowest BCUT2D eigenvalue weighted by molar-refractivity contribution is -0.141. The Hall–Kier alpha value is -1.63. The second-order valence-electron chi connectivity index (χ2n) is 4.63. The average molecular weight is 273 g/mol. The molecule has 1 unspecified atom stereocenters. The third-order valence-corrected chi connectivity index (χ3v) is 2.43. The van der Waals surface area contributed by atoms with Crippen LogP contribution in [0.1, 0.15) is 26.2 Å². The van der Waals surface area contributed by atoms with Gasteiger partial charge in [0.25, 0.3) is 0 Å². The fraction of sp³-hybridized carbons (Fsp3) is 0.750. The molecule has 2 amide bonds. The van der Waals surface area contributed by atoms with Crippen molar-refractivity contribution in [2.45, 2.75) is 32.2 Å². The molecule has 7 heteroatoms. The van der Waals surface area contributed by atoms with Crippen LogP contribution in [0.2, 0.25) is 0 Å². The number of hydrogen-bond acceptors (Lipinski definition) is 4. The largest absolute Gasteiger partial charge is 0.480 e. The van der Waals surface area contributed by atoms with Crippen molar-refractivity contribution in [1.29, 1.82) is 0 Å². The predicted octanol–water partition coefficient (Wildman–Crippen LogP) is -0.576. The molecular formula is C12H23N3O4. The molecule has 0 aromatic heterocycles. The minimum atomic E-state index is -1.10. The first-order valence-electron chi connectivity index (χ1n) is 6.26. The van der Waals surface area contributed by atoms with Gasteiger partial charge in [-0.1, -0.05) is 0 Å². The van der Waals surface area contributed by atoms with E-state index in [1.807, 2.05) is 19.0 Å². The minimum Gasteiger partial charge on any atom is -0.480 e. The van der Waals surface area contributed by atoms with Crippen LogP contribution in [0, 0.1) is 0 Å². The first-order valence-corrected chi connectivity index (χ1v) is 6.26. The van der Waals surface area contributed by atoms with E-state index >= 15 is 0 Å². The number of amides is 2. The summed E-state index contributed by atoms with van der Waals surface area (Å²) in [7, 11) is 3.91. The van der Waals surface area contributed by atoms with E-state index in [4.69, 9.17) is 5.11 Å². The highest BCUT2D eigenvalue weighted by atomic mass is 16.4. The lowest BCUT2D eigenvalue weighted by Gasteiger charge is -2.10. The van der Waals surface area contributed by atoms with Crippen LogP contribution in [0.5, 0.6) is 0 Å². The molecule has 0 aliphatic heterocycles. The first kappa shape index (κ1) is 17.4. The molecule has 0 aliphatic rings. The number of hydrogen-bond donors (Lipinski definition) is 3. The third-order valence-electron chi connectivity index (χ3n) is 2.43. The van der Waals surface area contributed by atoms with Crippen molar-refractivity contribution in [3.63, 3.8) is 0 Å². The molecule has 3 N–H and O–H groups in total. The Labute approximate surface area is 113 Å². The topological polar surface area (TPSA) is 98.7 Å². The maximum atomic E-state index is 11.4. The summed E-state index contributed by atoms with van der Waals surface area (Å²) in [6.45, 7) is 2.84. The van der Waals surface area contributed by atoms with Gasteiger partial charge in [-0.3, -0.25) is 14.4 Å². The number of carbonyl (C=O) groups is 3. The maximum Gasteiger partial charge on any atom is 0.325 e. The quantitative estimate of drug-likeness (QED) is 0.488. The predicted molar refractivity (Wildman–Crippen MR) is 70.7 cm³/mol. The van der Waals surface area contributed by atoms with Crippen molar-refractivity contribution in [2.75, 3.05) is 27.2 Å². The van der Waals surface area contributed by atoms with Gasteiger partial charge in [-0.25, -0.2) is 0 Å². The maximum absolute atomic E-state index is 11.4. The van der Waals surface area contributed by atoms with Crippen molar-refractivity contribution in [2.24, 2.45) is 0 Å². The number of nitrogens with zero attached hydrogens (tertiary/aromatic N) is 1. The van der Waals surface area contributed by atoms with Crippen LogP contribution in [0.15, 0.2) is 0 Å². The Morgan fingerprint density at radius 2 is 1.74 bits per heavy atom. The standard InChI is InChI=1S/C12H23N3O4/c1-9(12(18)19)14-11(17)6-5-10(16)13-7-4-8-15(2)3/h9H,4-8H2,1-3H3,(H,13,16)(H,14,17)(H,18,19). The summed E-state index contributed by atoms with van der Waals surface area (Å²) in [5.74, 6) is -1.73. The zero-order valence-electron chi connectivity index (χ0n) is 11.7. The van der Waals surface area contributed by atoms with Gasteiger partial charge >= 0.3 is 5.97 Å². The van der Waals surface area contributed by atoms with Crippen molar-refractivity contribution >= 4 is 17.8 Å². The summed E-state index contributed by atoms with van der Waals surface area (Å²) in [6.07, 6.45) is 0.915. The zero-order chi connectivity index (χ0) is 14.8. The second-order valence-corrected chi connectivity index (χ2v) is 4.63. The van der Waals surface area contributed by atoms with Gasteiger partial charge in [0.05, 0.1) is 0 Å². The van der Waals surface area contributed by atoms with Gasteiger partial charge in [0.1, 0.15) is 6.04 Å². The fourth-order valence-corrected chi connectivity index (χ4v) is 1.31. The molecule has 0 fully saturated rings. The first-order chi connectivity index (χ1) is 8.82. The van der Waals surface area contributed by atoms with E-state index in [1.54, 1.807) is 0 Å². The normalized spacial score (nSPS) is 12.0. The van der Waals surface area contributed by atoms with E-state index < -0.39 is 17.9 Å². The van der Waals surface area contributed by atoms with Crippen molar-refractivity contribution in [1.82, 2.24) is 15.5 Å². The number of carboxylic acids is 1. The van der Waals surface area contributed by atoms with E-state index in [9.17, 15) is 14.4 Å². The third kappa shape index (κ3) is 10.0. The molecule has 19 heavy (non-hydrogen) atoms. The van der Waals surface area contributed by atoms with Crippen molar-refractivity contribution < 1.29 is 19.5 Å². The SMILES string of the molecule is CC(NC(=O)CCC(=O)NCCCN(C)C)C(=O)O. The van der Waals surface area contributed by atoms with Gasteiger partial charge in [-0.05, 0) is 34.0 Å². The van der Waals surface area contributed by atoms with Gasteiger partial charge in [0.15, 0.2) is 0 Å². The minimum absolute atomic E-state index is 0.00284. The van der Waals surface area contributed by atoms with Crippen LogP contribution in [-0.4, -0.2) is 61.0 Å². The number of rotatable bonds is 9. The lowest BCUT2D eigenvalue weighted by Crippen LogP contribution is -2.38. The summed E-state index contributed by atoms with van der Waals surface area (Å²) in [4.78, 5) is 35.2.